The third-order valence-electron chi connectivity index (χ3n) is 5.75. The lowest BCUT2D eigenvalue weighted by Gasteiger charge is -2.32. The number of hydrogen-bond donors (Lipinski definition) is 0. The number of allylic oxidation sites excluding steroid dienone is 1. The van der Waals surface area contributed by atoms with Crippen LogP contribution in [-0.4, -0.2) is 20.8 Å². The van der Waals surface area contributed by atoms with Crippen molar-refractivity contribution in [3.8, 4) is 0 Å². The first-order valence-corrected chi connectivity index (χ1v) is 10.3. The van der Waals surface area contributed by atoms with Gasteiger partial charge in [-0.3, -0.25) is 0 Å². The van der Waals surface area contributed by atoms with Gasteiger partial charge in [0, 0.05) is 31.5 Å². The van der Waals surface area contributed by atoms with Crippen LogP contribution in [0.15, 0.2) is 54.4 Å². The second-order valence-electron chi connectivity index (χ2n) is 8.63. The molecule has 0 radical (unpaired) electrons. The molecule has 0 aromatic heterocycles. The molecule has 0 fully saturated rings. The van der Waals surface area contributed by atoms with Gasteiger partial charge in [0.05, 0.1) is 23.7 Å². The van der Waals surface area contributed by atoms with Crippen molar-refractivity contribution in [2.45, 2.75) is 39.5 Å². The Labute approximate surface area is 169 Å². The maximum absolute atomic E-state index is 2.45. The summed E-state index contributed by atoms with van der Waals surface area (Å²) in [5, 5.41) is 0. The molecular formula is C25H31N3. The lowest BCUT2D eigenvalue weighted by Crippen LogP contribution is -2.30. The number of benzene rings is 2. The Balaban J connectivity index is 1.82. The van der Waals surface area contributed by atoms with Crippen LogP contribution < -0.4 is 14.7 Å². The molecule has 0 unspecified atom stereocenters. The van der Waals surface area contributed by atoms with Crippen molar-refractivity contribution < 1.29 is 0 Å². The van der Waals surface area contributed by atoms with Gasteiger partial charge in [0.25, 0.3) is 0 Å². The number of fused-ring (bicyclic) bond motifs is 3. The fraction of sp³-hybridized carbons (Fsp3) is 0.360. The van der Waals surface area contributed by atoms with Gasteiger partial charge in [-0.05, 0) is 35.1 Å². The Morgan fingerprint density at radius 1 is 0.821 bits per heavy atom. The molecule has 0 spiro atoms. The van der Waals surface area contributed by atoms with Crippen molar-refractivity contribution in [1.82, 2.24) is 0 Å². The van der Waals surface area contributed by atoms with Gasteiger partial charge < -0.3 is 14.7 Å². The second kappa shape index (κ2) is 7.05. The van der Waals surface area contributed by atoms with E-state index in [1.165, 1.54) is 39.4 Å². The quantitative estimate of drug-likeness (QED) is 0.636. The van der Waals surface area contributed by atoms with E-state index in [0.29, 0.717) is 11.8 Å². The standard InChI is InChI=1S/C25H31N3/c1-17(2)21-10-8-11-22(18(3)4)25(21)27-15-20-14-13-19-9-7-12-23(26(5)6)24(19)28(20)16-27/h7-15,17-18H,16H2,1-6H3. The van der Waals surface area contributed by atoms with Crippen LogP contribution in [0.25, 0.3) is 6.08 Å². The number of para-hydroxylation sites is 2. The molecule has 28 heavy (non-hydrogen) atoms. The van der Waals surface area contributed by atoms with Crippen molar-refractivity contribution in [2.75, 3.05) is 35.5 Å². The van der Waals surface area contributed by atoms with E-state index in [2.05, 4.69) is 111 Å². The topological polar surface area (TPSA) is 9.72 Å². The molecule has 3 heteroatoms. The van der Waals surface area contributed by atoms with Gasteiger partial charge in [-0.2, -0.15) is 0 Å². The second-order valence-corrected chi connectivity index (χ2v) is 8.63. The summed E-state index contributed by atoms with van der Waals surface area (Å²) in [5.41, 5.74) is 9.34. The molecule has 2 aliphatic rings. The van der Waals surface area contributed by atoms with E-state index in [9.17, 15) is 0 Å². The average molecular weight is 374 g/mol. The van der Waals surface area contributed by atoms with Crippen molar-refractivity contribution in [3.63, 3.8) is 0 Å². The zero-order valence-electron chi connectivity index (χ0n) is 17.9. The molecule has 4 rings (SSSR count). The molecular weight excluding hydrogens is 342 g/mol. The Bertz CT molecular complexity index is 924. The molecule has 0 N–H and O–H groups in total. The van der Waals surface area contributed by atoms with E-state index in [1.807, 2.05) is 0 Å². The molecule has 3 nitrogen and oxygen atoms in total. The highest BCUT2D eigenvalue weighted by molar-refractivity contribution is 5.88. The maximum Gasteiger partial charge on any atom is 0.0996 e. The number of nitrogens with zero attached hydrogens (tertiary/aromatic N) is 3. The smallest absolute Gasteiger partial charge is 0.0996 e. The third-order valence-corrected chi connectivity index (χ3v) is 5.75. The maximum atomic E-state index is 2.45. The molecule has 2 heterocycles. The molecule has 0 bridgehead atoms. The molecule has 2 aromatic carbocycles. The van der Waals surface area contributed by atoms with Gasteiger partial charge in [0.1, 0.15) is 0 Å². The fourth-order valence-electron chi connectivity index (χ4n) is 4.33. The van der Waals surface area contributed by atoms with Gasteiger partial charge in [-0.25, -0.2) is 0 Å². The van der Waals surface area contributed by atoms with Gasteiger partial charge in [-0.1, -0.05) is 64.1 Å². The molecule has 2 aromatic rings. The summed E-state index contributed by atoms with van der Waals surface area (Å²) in [6.45, 7) is 10.0. The lowest BCUT2D eigenvalue weighted by atomic mass is 9.92. The van der Waals surface area contributed by atoms with Crippen LogP contribution >= 0.6 is 0 Å². The van der Waals surface area contributed by atoms with Crippen LogP contribution in [0, 0.1) is 0 Å². The molecule has 2 aliphatic heterocycles. The first kappa shape index (κ1) is 18.7. The molecule has 0 saturated carbocycles. The van der Waals surface area contributed by atoms with E-state index >= 15 is 0 Å². The first-order valence-electron chi connectivity index (χ1n) is 10.3. The summed E-state index contributed by atoms with van der Waals surface area (Å²) in [5.74, 6) is 0.981. The van der Waals surface area contributed by atoms with E-state index in [-0.39, 0.29) is 0 Å². The van der Waals surface area contributed by atoms with Crippen LogP contribution in [0.4, 0.5) is 17.1 Å². The van der Waals surface area contributed by atoms with Gasteiger partial charge in [0.2, 0.25) is 0 Å². The highest BCUT2D eigenvalue weighted by Gasteiger charge is 2.30. The van der Waals surface area contributed by atoms with Gasteiger partial charge in [0.15, 0.2) is 0 Å². The summed E-state index contributed by atoms with van der Waals surface area (Å²) in [4.78, 5) is 7.11. The predicted octanol–water partition coefficient (Wildman–Crippen LogP) is 6.15. The molecule has 0 aliphatic carbocycles. The minimum Gasteiger partial charge on any atom is -0.376 e. The van der Waals surface area contributed by atoms with Crippen LogP contribution in [0.1, 0.15) is 56.2 Å². The Hall–Kier alpha value is -2.68. The Morgan fingerprint density at radius 2 is 1.46 bits per heavy atom. The van der Waals surface area contributed by atoms with Crippen molar-refractivity contribution in [2.24, 2.45) is 0 Å². The highest BCUT2D eigenvalue weighted by Crippen LogP contribution is 2.44. The minimum atomic E-state index is 0.491. The number of hydrogen-bond acceptors (Lipinski definition) is 3. The Kier molecular flexibility index (Phi) is 4.70. The fourth-order valence-corrected chi connectivity index (χ4v) is 4.33. The van der Waals surface area contributed by atoms with Gasteiger partial charge >= 0.3 is 0 Å². The summed E-state index contributed by atoms with van der Waals surface area (Å²) in [6, 6.07) is 13.4. The summed E-state index contributed by atoms with van der Waals surface area (Å²) >= 11 is 0. The van der Waals surface area contributed by atoms with Crippen LogP contribution in [-0.2, 0) is 0 Å². The largest absolute Gasteiger partial charge is 0.376 e. The van der Waals surface area contributed by atoms with E-state index in [1.54, 1.807) is 0 Å². The summed E-state index contributed by atoms with van der Waals surface area (Å²) in [6.07, 6.45) is 6.81. The highest BCUT2D eigenvalue weighted by atomic mass is 15.4. The molecule has 0 atom stereocenters. The monoisotopic (exact) mass is 373 g/mol. The summed E-state index contributed by atoms with van der Waals surface area (Å²) in [7, 11) is 4.24. The zero-order chi connectivity index (χ0) is 20.0. The van der Waals surface area contributed by atoms with Crippen LogP contribution in [0.2, 0.25) is 0 Å². The van der Waals surface area contributed by atoms with Crippen LogP contribution in [0.5, 0.6) is 0 Å². The summed E-state index contributed by atoms with van der Waals surface area (Å²) < 4.78 is 0. The lowest BCUT2D eigenvalue weighted by molar-refractivity contribution is 0.816. The van der Waals surface area contributed by atoms with Crippen LogP contribution in [0.3, 0.4) is 0 Å². The van der Waals surface area contributed by atoms with Crippen molar-refractivity contribution in [1.29, 1.82) is 0 Å². The molecule has 0 amide bonds. The molecule has 0 saturated heterocycles. The number of rotatable bonds is 4. The number of anilines is 3. The first-order chi connectivity index (χ1) is 13.4. The zero-order valence-corrected chi connectivity index (χ0v) is 17.9. The van der Waals surface area contributed by atoms with Gasteiger partial charge in [-0.15, -0.1) is 0 Å². The van der Waals surface area contributed by atoms with Crippen molar-refractivity contribution >= 4 is 23.1 Å². The third kappa shape index (κ3) is 2.99. The predicted molar refractivity (Wildman–Crippen MR) is 122 cm³/mol. The van der Waals surface area contributed by atoms with E-state index in [0.717, 1.165) is 6.67 Å². The SMILES string of the molecule is CC(C)c1cccc(C(C)C)c1N1C=C2C=Cc3cccc(N(C)C)c3N2C1. The van der Waals surface area contributed by atoms with E-state index in [4.69, 9.17) is 0 Å². The average Bonchev–Trinajstić information content (AvgIpc) is 3.10. The van der Waals surface area contributed by atoms with E-state index < -0.39 is 0 Å². The minimum absolute atomic E-state index is 0.491. The Morgan fingerprint density at radius 3 is 2.07 bits per heavy atom. The van der Waals surface area contributed by atoms with Crippen molar-refractivity contribution in [3.05, 3.63) is 71.1 Å². The molecule has 146 valence electrons. The normalized spacial score (nSPS) is 15.2.